The number of carbonyl (C=O) groups is 1. The number of aromatic nitrogens is 3. The molecule has 0 aromatic carbocycles. The Balaban J connectivity index is 1.88. The third-order valence-corrected chi connectivity index (χ3v) is 3.88. The third-order valence-electron chi connectivity index (χ3n) is 3.88. The minimum absolute atomic E-state index is 0.00805. The minimum atomic E-state index is 0.00805. The molecule has 0 bridgehead atoms. The molecule has 1 aliphatic heterocycles. The number of amides is 1. The maximum Gasteiger partial charge on any atom is 0.255 e. The van der Waals surface area contributed by atoms with E-state index in [1.54, 1.807) is 12.4 Å². The molecule has 2 atom stereocenters. The molecule has 0 unspecified atom stereocenters. The molecular formula is C16H22N4O2. The van der Waals surface area contributed by atoms with Gasteiger partial charge in [0, 0.05) is 30.7 Å². The molecule has 0 saturated carbocycles. The highest BCUT2D eigenvalue weighted by Gasteiger charge is 2.27. The normalized spacial score (nSPS) is 22.5. The van der Waals surface area contributed by atoms with Crippen LogP contribution in [-0.4, -0.2) is 50.9 Å². The fourth-order valence-electron chi connectivity index (χ4n) is 2.96. The van der Waals surface area contributed by atoms with Gasteiger partial charge in [0.2, 0.25) is 0 Å². The van der Waals surface area contributed by atoms with Gasteiger partial charge in [-0.05, 0) is 33.8 Å². The summed E-state index contributed by atoms with van der Waals surface area (Å²) in [4.78, 5) is 19.0. The lowest BCUT2D eigenvalue weighted by Crippen LogP contribution is -2.48. The van der Waals surface area contributed by atoms with Gasteiger partial charge in [0.05, 0.1) is 24.0 Å². The summed E-state index contributed by atoms with van der Waals surface area (Å²) in [7, 11) is 0. The number of hydrogen-bond acceptors (Lipinski definition) is 4. The Morgan fingerprint density at radius 3 is 2.59 bits per heavy atom. The smallest absolute Gasteiger partial charge is 0.255 e. The predicted octanol–water partition coefficient (Wildman–Crippen LogP) is 2.26. The molecule has 0 aliphatic carbocycles. The lowest BCUT2D eigenvalue weighted by molar-refractivity contribution is -0.0586. The average Bonchev–Trinajstić information content (AvgIpc) is 2.88. The average molecular weight is 302 g/mol. The summed E-state index contributed by atoms with van der Waals surface area (Å²) >= 11 is 0. The zero-order valence-corrected chi connectivity index (χ0v) is 13.5. The molecule has 2 aromatic rings. The maximum absolute atomic E-state index is 12.7. The summed E-state index contributed by atoms with van der Waals surface area (Å²) in [5.74, 6) is 0.00805. The van der Waals surface area contributed by atoms with Gasteiger partial charge < -0.3 is 9.64 Å². The van der Waals surface area contributed by atoms with E-state index in [-0.39, 0.29) is 24.2 Å². The van der Waals surface area contributed by atoms with Crippen LogP contribution in [0.5, 0.6) is 0 Å². The standard InChI is InChI=1S/C16H22N4O2/c1-10(2)20-15-13(7-18-20)5-14(6-17-15)16(21)19-8-11(3)22-12(4)9-19/h5-7,10-12H,8-9H2,1-4H3/t11-,12-/m1/s1. The van der Waals surface area contributed by atoms with Crippen molar-refractivity contribution >= 4 is 16.9 Å². The Labute approximate surface area is 130 Å². The number of pyridine rings is 1. The summed E-state index contributed by atoms with van der Waals surface area (Å²) in [6, 6.07) is 2.12. The molecule has 6 nitrogen and oxygen atoms in total. The zero-order valence-electron chi connectivity index (χ0n) is 13.5. The summed E-state index contributed by atoms with van der Waals surface area (Å²) in [5.41, 5.74) is 1.42. The molecule has 0 N–H and O–H groups in total. The molecular weight excluding hydrogens is 280 g/mol. The topological polar surface area (TPSA) is 60.2 Å². The molecule has 6 heteroatoms. The highest BCUT2D eigenvalue weighted by Crippen LogP contribution is 2.19. The molecule has 1 amide bonds. The Morgan fingerprint density at radius 1 is 1.27 bits per heavy atom. The van der Waals surface area contributed by atoms with Crippen LogP contribution >= 0.6 is 0 Å². The van der Waals surface area contributed by atoms with Crippen molar-refractivity contribution in [3.05, 3.63) is 24.0 Å². The highest BCUT2D eigenvalue weighted by molar-refractivity contribution is 5.96. The van der Waals surface area contributed by atoms with Crippen LogP contribution in [0.1, 0.15) is 44.1 Å². The summed E-state index contributed by atoms with van der Waals surface area (Å²) in [6.07, 6.45) is 3.54. The van der Waals surface area contributed by atoms with Crippen LogP contribution in [0.4, 0.5) is 0 Å². The number of hydrogen-bond donors (Lipinski definition) is 0. The molecule has 1 aliphatic rings. The molecule has 0 radical (unpaired) electrons. The van der Waals surface area contributed by atoms with E-state index < -0.39 is 0 Å². The van der Waals surface area contributed by atoms with Crippen LogP contribution in [0, 0.1) is 0 Å². The van der Waals surface area contributed by atoms with Gasteiger partial charge in [0.25, 0.3) is 5.91 Å². The Kier molecular flexibility index (Phi) is 3.87. The fraction of sp³-hybridized carbons (Fsp3) is 0.562. The SMILES string of the molecule is CC(C)n1ncc2cc(C(=O)N3C[C@@H](C)O[C@H](C)C3)cnc21. The number of nitrogens with zero attached hydrogens (tertiary/aromatic N) is 4. The first kappa shape index (κ1) is 15.0. The van der Waals surface area contributed by atoms with Crippen LogP contribution in [0.3, 0.4) is 0 Å². The van der Waals surface area contributed by atoms with Gasteiger partial charge in [0.1, 0.15) is 0 Å². The molecule has 2 aromatic heterocycles. The van der Waals surface area contributed by atoms with Gasteiger partial charge in [-0.3, -0.25) is 4.79 Å². The zero-order chi connectivity index (χ0) is 15.9. The summed E-state index contributed by atoms with van der Waals surface area (Å²) in [6.45, 7) is 9.33. The third kappa shape index (κ3) is 2.70. The van der Waals surface area contributed by atoms with E-state index >= 15 is 0 Å². The second kappa shape index (κ2) is 5.68. The van der Waals surface area contributed by atoms with Gasteiger partial charge in [-0.2, -0.15) is 5.10 Å². The largest absolute Gasteiger partial charge is 0.372 e. The van der Waals surface area contributed by atoms with Gasteiger partial charge in [-0.15, -0.1) is 0 Å². The van der Waals surface area contributed by atoms with Crippen LogP contribution in [-0.2, 0) is 4.74 Å². The number of carbonyl (C=O) groups excluding carboxylic acids is 1. The monoisotopic (exact) mass is 302 g/mol. The first-order chi connectivity index (χ1) is 10.5. The molecule has 3 heterocycles. The molecule has 1 saturated heterocycles. The summed E-state index contributed by atoms with van der Waals surface area (Å²) < 4.78 is 7.54. The molecule has 22 heavy (non-hydrogen) atoms. The Morgan fingerprint density at radius 2 is 1.95 bits per heavy atom. The fourth-order valence-corrected chi connectivity index (χ4v) is 2.96. The van der Waals surface area contributed by atoms with E-state index in [0.29, 0.717) is 18.7 Å². The lowest BCUT2D eigenvalue weighted by Gasteiger charge is -2.35. The Hall–Kier alpha value is -1.95. The van der Waals surface area contributed by atoms with Crippen LogP contribution in [0.25, 0.3) is 11.0 Å². The van der Waals surface area contributed by atoms with Crippen molar-refractivity contribution in [1.82, 2.24) is 19.7 Å². The van der Waals surface area contributed by atoms with Gasteiger partial charge in [-0.1, -0.05) is 0 Å². The first-order valence-electron chi connectivity index (χ1n) is 7.73. The van der Waals surface area contributed by atoms with Crippen molar-refractivity contribution in [3.63, 3.8) is 0 Å². The Bertz CT molecular complexity index is 685. The van der Waals surface area contributed by atoms with Gasteiger partial charge in [0.15, 0.2) is 5.65 Å². The maximum atomic E-state index is 12.7. The van der Waals surface area contributed by atoms with Crippen molar-refractivity contribution in [3.8, 4) is 0 Å². The van der Waals surface area contributed by atoms with E-state index in [9.17, 15) is 4.79 Å². The van der Waals surface area contributed by atoms with E-state index in [1.807, 2.05) is 29.5 Å². The molecule has 118 valence electrons. The van der Waals surface area contributed by atoms with E-state index in [2.05, 4.69) is 23.9 Å². The number of morpholine rings is 1. The van der Waals surface area contributed by atoms with Crippen LogP contribution < -0.4 is 0 Å². The van der Waals surface area contributed by atoms with Crippen molar-refractivity contribution in [2.75, 3.05) is 13.1 Å². The molecule has 0 spiro atoms. The van der Waals surface area contributed by atoms with Crippen LogP contribution in [0.2, 0.25) is 0 Å². The number of fused-ring (bicyclic) bond motifs is 1. The predicted molar refractivity (Wildman–Crippen MR) is 83.8 cm³/mol. The number of ether oxygens (including phenoxy) is 1. The second-order valence-electron chi connectivity index (χ2n) is 6.29. The van der Waals surface area contributed by atoms with E-state index in [0.717, 1.165) is 11.0 Å². The summed E-state index contributed by atoms with van der Waals surface area (Å²) in [5, 5.41) is 5.24. The van der Waals surface area contributed by atoms with Crippen molar-refractivity contribution in [2.24, 2.45) is 0 Å². The van der Waals surface area contributed by atoms with Crippen molar-refractivity contribution in [2.45, 2.75) is 45.9 Å². The highest BCUT2D eigenvalue weighted by atomic mass is 16.5. The second-order valence-corrected chi connectivity index (χ2v) is 6.29. The molecule has 3 rings (SSSR count). The van der Waals surface area contributed by atoms with E-state index in [1.165, 1.54) is 0 Å². The minimum Gasteiger partial charge on any atom is -0.372 e. The lowest BCUT2D eigenvalue weighted by atomic mass is 10.1. The van der Waals surface area contributed by atoms with Crippen molar-refractivity contribution in [1.29, 1.82) is 0 Å². The van der Waals surface area contributed by atoms with Crippen molar-refractivity contribution < 1.29 is 9.53 Å². The number of rotatable bonds is 2. The van der Waals surface area contributed by atoms with Crippen LogP contribution in [0.15, 0.2) is 18.5 Å². The first-order valence-corrected chi connectivity index (χ1v) is 7.73. The molecule has 1 fully saturated rings. The van der Waals surface area contributed by atoms with Gasteiger partial charge in [-0.25, -0.2) is 9.67 Å². The quantitative estimate of drug-likeness (QED) is 0.854. The van der Waals surface area contributed by atoms with Gasteiger partial charge >= 0.3 is 0 Å². The van der Waals surface area contributed by atoms with E-state index in [4.69, 9.17) is 4.74 Å².